The Balaban J connectivity index is 2.28. The summed E-state index contributed by atoms with van der Waals surface area (Å²) in [6.07, 6.45) is 3.75. The largest absolute Gasteiger partial charge is 0.381 e. The molecule has 108 valence electrons. The van der Waals surface area contributed by atoms with Crippen LogP contribution in [0.4, 0.5) is 11.6 Å². The van der Waals surface area contributed by atoms with Gasteiger partial charge in [-0.05, 0) is 34.5 Å². The summed E-state index contributed by atoms with van der Waals surface area (Å²) in [6, 6.07) is 3.24. The summed E-state index contributed by atoms with van der Waals surface area (Å²) < 4.78 is 29.1. The summed E-state index contributed by atoms with van der Waals surface area (Å²) in [5.41, 5.74) is 5.66. The van der Waals surface area contributed by atoms with Crippen LogP contribution in [0.3, 0.4) is 0 Å². The first-order chi connectivity index (χ1) is 9.42. The minimum atomic E-state index is -3.79. The molecule has 0 unspecified atom stereocenters. The third-order valence-electron chi connectivity index (χ3n) is 2.46. The van der Waals surface area contributed by atoms with Gasteiger partial charge in [0.25, 0.3) is 10.0 Å². The molecule has 0 aliphatic rings. The standard InChI is InChI=1S/C11H14BrN5O2S/c1-2-5-17-7-9(11(13)15-17)20(18,19)16-10-4-3-8(12)6-14-10/h3-4,6-7H,2,5H2,1H3,(H2,13,15)(H,14,16). The second-order valence-corrected chi connectivity index (χ2v) is 6.68. The summed E-state index contributed by atoms with van der Waals surface area (Å²) in [6.45, 7) is 2.58. The van der Waals surface area contributed by atoms with Crippen LogP contribution in [0.1, 0.15) is 13.3 Å². The Labute approximate surface area is 125 Å². The van der Waals surface area contributed by atoms with Crippen LogP contribution in [0.15, 0.2) is 33.9 Å². The smallest absolute Gasteiger partial charge is 0.268 e. The first-order valence-corrected chi connectivity index (χ1v) is 8.17. The lowest BCUT2D eigenvalue weighted by Gasteiger charge is -2.05. The quantitative estimate of drug-likeness (QED) is 0.847. The van der Waals surface area contributed by atoms with Crippen LogP contribution in [0, 0.1) is 0 Å². The van der Waals surface area contributed by atoms with Crippen LogP contribution in [0.5, 0.6) is 0 Å². The van der Waals surface area contributed by atoms with Gasteiger partial charge < -0.3 is 5.73 Å². The summed E-state index contributed by atoms with van der Waals surface area (Å²) in [7, 11) is -3.79. The zero-order valence-electron chi connectivity index (χ0n) is 10.7. The zero-order valence-corrected chi connectivity index (χ0v) is 13.1. The van der Waals surface area contributed by atoms with E-state index in [2.05, 4.69) is 30.7 Å². The van der Waals surface area contributed by atoms with Gasteiger partial charge in [0.15, 0.2) is 5.82 Å². The molecular weight excluding hydrogens is 346 g/mol. The topological polar surface area (TPSA) is 103 Å². The number of anilines is 2. The van der Waals surface area contributed by atoms with E-state index < -0.39 is 10.0 Å². The molecule has 2 rings (SSSR count). The summed E-state index contributed by atoms with van der Waals surface area (Å²) in [4.78, 5) is 3.91. The van der Waals surface area contributed by atoms with Crippen molar-refractivity contribution in [1.29, 1.82) is 0 Å². The van der Waals surface area contributed by atoms with E-state index in [1.807, 2.05) is 6.92 Å². The predicted molar refractivity (Wildman–Crippen MR) is 79.7 cm³/mol. The molecule has 0 saturated carbocycles. The average molecular weight is 360 g/mol. The molecule has 0 radical (unpaired) electrons. The predicted octanol–water partition coefficient (Wildman–Crippen LogP) is 1.83. The number of hydrogen-bond donors (Lipinski definition) is 2. The van der Waals surface area contributed by atoms with E-state index in [0.29, 0.717) is 6.54 Å². The van der Waals surface area contributed by atoms with Crippen molar-refractivity contribution in [2.45, 2.75) is 24.8 Å². The number of pyridine rings is 1. The molecule has 0 amide bonds. The first kappa shape index (κ1) is 14.8. The molecule has 0 bridgehead atoms. The fraction of sp³-hybridized carbons (Fsp3) is 0.273. The van der Waals surface area contributed by atoms with Gasteiger partial charge in [-0.3, -0.25) is 9.40 Å². The van der Waals surface area contributed by atoms with Crippen molar-refractivity contribution in [3.05, 3.63) is 29.0 Å². The van der Waals surface area contributed by atoms with Crippen molar-refractivity contribution in [2.75, 3.05) is 10.5 Å². The molecule has 0 atom stereocenters. The molecule has 0 fully saturated rings. The maximum absolute atomic E-state index is 12.2. The highest BCUT2D eigenvalue weighted by atomic mass is 79.9. The van der Waals surface area contributed by atoms with E-state index >= 15 is 0 Å². The Morgan fingerprint density at radius 2 is 2.20 bits per heavy atom. The van der Waals surface area contributed by atoms with E-state index in [4.69, 9.17) is 5.73 Å². The Hall–Kier alpha value is -1.61. The van der Waals surface area contributed by atoms with Gasteiger partial charge in [-0.25, -0.2) is 13.4 Å². The maximum atomic E-state index is 12.2. The van der Waals surface area contributed by atoms with E-state index in [1.54, 1.807) is 12.1 Å². The third kappa shape index (κ3) is 3.28. The minimum Gasteiger partial charge on any atom is -0.381 e. The molecule has 2 aromatic rings. The molecule has 20 heavy (non-hydrogen) atoms. The number of halogens is 1. The molecular formula is C11H14BrN5O2S. The maximum Gasteiger partial charge on any atom is 0.268 e. The molecule has 3 N–H and O–H groups in total. The van der Waals surface area contributed by atoms with E-state index in [-0.39, 0.29) is 16.5 Å². The fourth-order valence-electron chi connectivity index (χ4n) is 1.60. The number of nitrogens with two attached hydrogens (primary N) is 1. The van der Waals surface area contributed by atoms with Gasteiger partial charge in [0.1, 0.15) is 10.7 Å². The van der Waals surface area contributed by atoms with Gasteiger partial charge >= 0.3 is 0 Å². The van der Waals surface area contributed by atoms with Gasteiger partial charge in [-0.1, -0.05) is 6.92 Å². The van der Waals surface area contributed by atoms with Gasteiger partial charge in [0, 0.05) is 23.4 Å². The molecule has 2 aromatic heterocycles. The highest BCUT2D eigenvalue weighted by molar-refractivity contribution is 9.10. The van der Waals surface area contributed by atoms with Crippen LogP contribution in [-0.4, -0.2) is 23.2 Å². The molecule has 7 nitrogen and oxygen atoms in total. The fourth-order valence-corrected chi connectivity index (χ4v) is 2.91. The van der Waals surface area contributed by atoms with Gasteiger partial charge in [0.2, 0.25) is 0 Å². The van der Waals surface area contributed by atoms with Crippen LogP contribution in [0.25, 0.3) is 0 Å². The number of rotatable bonds is 5. The van der Waals surface area contributed by atoms with Crippen molar-refractivity contribution in [3.8, 4) is 0 Å². The lowest BCUT2D eigenvalue weighted by Crippen LogP contribution is -2.14. The zero-order chi connectivity index (χ0) is 14.8. The van der Waals surface area contributed by atoms with E-state index in [0.717, 1.165) is 10.9 Å². The molecule has 0 spiro atoms. The summed E-state index contributed by atoms with van der Waals surface area (Å²) in [5.74, 6) is 0.193. The van der Waals surface area contributed by atoms with Crippen LogP contribution < -0.4 is 10.5 Å². The second kappa shape index (κ2) is 5.80. The Morgan fingerprint density at radius 1 is 1.45 bits per heavy atom. The third-order valence-corrected chi connectivity index (χ3v) is 4.30. The number of hydrogen-bond acceptors (Lipinski definition) is 5. The number of aryl methyl sites for hydroxylation is 1. The monoisotopic (exact) mass is 359 g/mol. The molecule has 0 aliphatic carbocycles. The molecule has 2 heterocycles. The summed E-state index contributed by atoms with van der Waals surface area (Å²) >= 11 is 3.23. The Kier molecular flexibility index (Phi) is 4.29. The Bertz CT molecular complexity index is 696. The average Bonchev–Trinajstić information content (AvgIpc) is 2.74. The van der Waals surface area contributed by atoms with Crippen molar-refractivity contribution < 1.29 is 8.42 Å². The number of sulfonamides is 1. The molecule has 9 heteroatoms. The van der Waals surface area contributed by atoms with E-state index in [9.17, 15) is 8.42 Å². The Morgan fingerprint density at radius 3 is 2.80 bits per heavy atom. The minimum absolute atomic E-state index is 0.0249. The highest BCUT2D eigenvalue weighted by Gasteiger charge is 2.21. The van der Waals surface area contributed by atoms with Crippen LogP contribution in [0.2, 0.25) is 0 Å². The molecule has 0 saturated heterocycles. The highest BCUT2D eigenvalue weighted by Crippen LogP contribution is 2.20. The SMILES string of the molecule is CCCn1cc(S(=O)(=O)Nc2ccc(Br)cn2)c(N)n1. The van der Waals surface area contributed by atoms with Crippen LogP contribution in [-0.2, 0) is 16.6 Å². The number of aromatic nitrogens is 3. The van der Waals surface area contributed by atoms with Crippen molar-refractivity contribution in [3.63, 3.8) is 0 Å². The normalized spacial score (nSPS) is 11.5. The molecule has 0 aliphatic heterocycles. The molecule has 0 aromatic carbocycles. The number of nitrogens with one attached hydrogen (secondary N) is 1. The number of nitrogen functional groups attached to an aromatic ring is 1. The van der Waals surface area contributed by atoms with Crippen molar-refractivity contribution in [1.82, 2.24) is 14.8 Å². The van der Waals surface area contributed by atoms with Crippen molar-refractivity contribution in [2.24, 2.45) is 0 Å². The van der Waals surface area contributed by atoms with Crippen molar-refractivity contribution >= 4 is 37.6 Å². The lowest BCUT2D eigenvalue weighted by molar-refractivity contribution is 0.595. The van der Waals surface area contributed by atoms with E-state index in [1.165, 1.54) is 17.1 Å². The lowest BCUT2D eigenvalue weighted by atomic mass is 10.5. The first-order valence-electron chi connectivity index (χ1n) is 5.89. The van der Waals surface area contributed by atoms with Gasteiger partial charge in [-0.2, -0.15) is 5.10 Å². The van der Waals surface area contributed by atoms with Crippen LogP contribution >= 0.6 is 15.9 Å². The van der Waals surface area contributed by atoms with Gasteiger partial charge in [-0.15, -0.1) is 0 Å². The second-order valence-electron chi connectivity index (χ2n) is 4.11. The number of nitrogens with zero attached hydrogens (tertiary/aromatic N) is 3. The van der Waals surface area contributed by atoms with Gasteiger partial charge in [0.05, 0.1) is 0 Å². The summed E-state index contributed by atoms with van der Waals surface area (Å²) in [5, 5.41) is 3.97.